The van der Waals surface area contributed by atoms with Gasteiger partial charge in [-0.2, -0.15) is 0 Å². The average molecular weight is 311 g/mol. The van der Waals surface area contributed by atoms with E-state index in [2.05, 4.69) is 4.72 Å². The normalized spacial score (nSPS) is 15.4. The van der Waals surface area contributed by atoms with Crippen LogP contribution < -0.4 is 10.5 Å². The van der Waals surface area contributed by atoms with Gasteiger partial charge >= 0.3 is 0 Å². The molecule has 1 aliphatic rings. The highest BCUT2D eigenvalue weighted by molar-refractivity contribution is 7.89. The number of benzene rings is 1. The highest BCUT2D eigenvalue weighted by Crippen LogP contribution is 2.16. The third kappa shape index (κ3) is 4.18. The van der Waals surface area contributed by atoms with Crippen LogP contribution in [-0.4, -0.2) is 38.9 Å². The van der Waals surface area contributed by atoms with Gasteiger partial charge in [0, 0.05) is 31.7 Å². The van der Waals surface area contributed by atoms with Crippen LogP contribution in [0.3, 0.4) is 0 Å². The number of likely N-dealkylation sites (tertiary alicyclic amines) is 1. The quantitative estimate of drug-likeness (QED) is 0.789. The Morgan fingerprint density at radius 3 is 2.57 bits per heavy atom. The minimum atomic E-state index is -3.63. The lowest BCUT2D eigenvalue weighted by Crippen LogP contribution is -2.32. The summed E-state index contributed by atoms with van der Waals surface area (Å²) in [5.74, 6) is -0.000967. The lowest BCUT2D eigenvalue weighted by atomic mass is 10.2. The number of carbonyl (C=O) groups is 1. The van der Waals surface area contributed by atoms with Crippen molar-refractivity contribution in [1.82, 2.24) is 9.62 Å². The number of nitrogens with zero attached hydrogens (tertiary/aromatic N) is 1. The molecule has 0 spiro atoms. The Kier molecular flexibility index (Phi) is 4.84. The van der Waals surface area contributed by atoms with Gasteiger partial charge in [-0.25, -0.2) is 13.1 Å². The lowest BCUT2D eigenvalue weighted by molar-refractivity contribution is -0.129. The average Bonchev–Trinajstić information content (AvgIpc) is 2.91. The summed E-state index contributed by atoms with van der Waals surface area (Å²) in [5.41, 5.74) is 6.85. The highest BCUT2D eigenvalue weighted by atomic mass is 32.2. The van der Waals surface area contributed by atoms with E-state index in [1.54, 1.807) is 24.0 Å². The van der Waals surface area contributed by atoms with Gasteiger partial charge in [0.2, 0.25) is 15.9 Å². The van der Waals surface area contributed by atoms with E-state index in [4.69, 9.17) is 5.73 Å². The molecule has 1 aromatic carbocycles. The van der Waals surface area contributed by atoms with Crippen molar-refractivity contribution in [3.8, 4) is 0 Å². The molecule has 1 heterocycles. The molecule has 1 aliphatic heterocycles. The molecule has 0 bridgehead atoms. The minimum Gasteiger partial charge on any atom is -0.399 e. The number of hydrogen-bond donors (Lipinski definition) is 2. The van der Waals surface area contributed by atoms with Crippen molar-refractivity contribution in [2.45, 2.75) is 31.1 Å². The van der Waals surface area contributed by atoms with Crippen LogP contribution in [0.15, 0.2) is 23.1 Å². The van der Waals surface area contributed by atoms with Crippen LogP contribution in [0.2, 0.25) is 0 Å². The Balaban J connectivity index is 1.93. The predicted octanol–water partition coefficient (Wildman–Crippen LogP) is 0.868. The van der Waals surface area contributed by atoms with Gasteiger partial charge in [-0.1, -0.05) is 0 Å². The maximum Gasteiger partial charge on any atom is 0.240 e. The van der Waals surface area contributed by atoms with Crippen molar-refractivity contribution in [2.75, 3.05) is 25.4 Å². The van der Waals surface area contributed by atoms with Crippen molar-refractivity contribution in [3.63, 3.8) is 0 Å². The number of carbonyl (C=O) groups excluding carboxylic acids is 1. The van der Waals surface area contributed by atoms with E-state index >= 15 is 0 Å². The number of anilines is 1. The molecular weight excluding hydrogens is 290 g/mol. The van der Waals surface area contributed by atoms with E-state index < -0.39 is 10.0 Å². The van der Waals surface area contributed by atoms with E-state index in [9.17, 15) is 13.2 Å². The van der Waals surface area contributed by atoms with Gasteiger partial charge in [0.05, 0.1) is 4.90 Å². The van der Waals surface area contributed by atoms with Gasteiger partial charge in [0.15, 0.2) is 0 Å². The Morgan fingerprint density at radius 1 is 1.29 bits per heavy atom. The third-order valence-corrected chi connectivity index (χ3v) is 4.91. The molecule has 0 aliphatic carbocycles. The fourth-order valence-corrected chi connectivity index (χ4v) is 3.60. The van der Waals surface area contributed by atoms with Crippen LogP contribution >= 0.6 is 0 Å². The topological polar surface area (TPSA) is 92.5 Å². The SMILES string of the molecule is Cc1cc(N)cc(S(=O)(=O)NCCC(=O)N2CCCC2)c1. The molecule has 1 amide bonds. The van der Waals surface area contributed by atoms with Gasteiger partial charge in [0.25, 0.3) is 0 Å². The number of nitrogen functional groups attached to an aromatic ring is 1. The van der Waals surface area contributed by atoms with Gasteiger partial charge < -0.3 is 10.6 Å². The molecule has 7 heteroatoms. The van der Waals surface area contributed by atoms with Crippen molar-refractivity contribution in [2.24, 2.45) is 0 Å². The molecule has 1 aromatic rings. The molecule has 3 N–H and O–H groups in total. The van der Waals surface area contributed by atoms with Crippen molar-refractivity contribution in [1.29, 1.82) is 0 Å². The number of nitrogens with two attached hydrogens (primary N) is 1. The first kappa shape index (κ1) is 15.8. The number of sulfonamides is 1. The molecule has 1 fully saturated rings. The molecule has 0 saturated carbocycles. The van der Waals surface area contributed by atoms with Crippen molar-refractivity contribution in [3.05, 3.63) is 23.8 Å². The fraction of sp³-hybridized carbons (Fsp3) is 0.500. The van der Waals surface area contributed by atoms with E-state index in [0.717, 1.165) is 31.5 Å². The molecular formula is C14H21N3O3S. The first-order valence-corrected chi connectivity index (χ1v) is 8.51. The molecule has 0 atom stereocenters. The van der Waals surface area contributed by atoms with Crippen LogP contribution in [0.25, 0.3) is 0 Å². The molecule has 0 aromatic heterocycles. The first-order chi connectivity index (χ1) is 9.88. The zero-order valence-electron chi connectivity index (χ0n) is 12.1. The summed E-state index contributed by atoms with van der Waals surface area (Å²) in [6.07, 6.45) is 2.24. The van der Waals surface area contributed by atoms with E-state index in [1.807, 2.05) is 0 Å². The van der Waals surface area contributed by atoms with E-state index in [1.165, 1.54) is 6.07 Å². The van der Waals surface area contributed by atoms with E-state index in [-0.39, 0.29) is 23.8 Å². The van der Waals surface area contributed by atoms with Crippen molar-refractivity contribution >= 4 is 21.6 Å². The Hall–Kier alpha value is -1.60. The van der Waals surface area contributed by atoms with Gasteiger partial charge in [0.1, 0.15) is 0 Å². The number of nitrogens with one attached hydrogen (secondary N) is 1. The number of rotatable bonds is 5. The molecule has 6 nitrogen and oxygen atoms in total. The summed E-state index contributed by atoms with van der Waals surface area (Å²) in [6, 6.07) is 4.68. The fourth-order valence-electron chi connectivity index (χ4n) is 2.43. The second kappa shape index (κ2) is 6.44. The Labute approximate surface area is 125 Å². The molecule has 21 heavy (non-hydrogen) atoms. The minimum absolute atomic E-state index is 0.000967. The Morgan fingerprint density at radius 2 is 1.95 bits per heavy atom. The predicted molar refractivity (Wildman–Crippen MR) is 81.2 cm³/mol. The number of amides is 1. The molecule has 0 radical (unpaired) electrons. The number of aryl methyl sites for hydroxylation is 1. The zero-order chi connectivity index (χ0) is 15.5. The summed E-state index contributed by atoms with van der Waals surface area (Å²) in [4.78, 5) is 13.8. The maximum atomic E-state index is 12.1. The van der Waals surface area contributed by atoms with Crippen LogP contribution in [0, 0.1) is 6.92 Å². The largest absolute Gasteiger partial charge is 0.399 e. The monoisotopic (exact) mass is 311 g/mol. The first-order valence-electron chi connectivity index (χ1n) is 7.03. The lowest BCUT2D eigenvalue weighted by Gasteiger charge is -2.15. The Bertz CT molecular complexity index is 602. The highest BCUT2D eigenvalue weighted by Gasteiger charge is 2.19. The summed E-state index contributed by atoms with van der Waals surface area (Å²) >= 11 is 0. The summed E-state index contributed by atoms with van der Waals surface area (Å²) < 4.78 is 26.7. The second-order valence-electron chi connectivity index (χ2n) is 5.32. The van der Waals surface area contributed by atoms with Gasteiger partial charge in [-0.05, 0) is 43.5 Å². The van der Waals surface area contributed by atoms with Crippen LogP contribution in [-0.2, 0) is 14.8 Å². The smallest absolute Gasteiger partial charge is 0.240 e. The molecule has 2 rings (SSSR count). The zero-order valence-corrected chi connectivity index (χ0v) is 12.9. The third-order valence-electron chi connectivity index (χ3n) is 3.47. The van der Waals surface area contributed by atoms with Crippen molar-refractivity contribution < 1.29 is 13.2 Å². The second-order valence-corrected chi connectivity index (χ2v) is 7.08. The summed E-state index contributed by atoms with van der Waals surface area (Å²) in [5, 5.41) is 0. The maximum absolute atomic E-state index is 12.1. The molecule has 0 unspecified atom stereocenters. The molecule has 116 valence electrons. The van der Waals surface area contributed by atoms with Gasteiger partial charge in [-0.3, -0.25) is 4.79 Å². The van der Waals surface area contributed by atoms with Gasteiger partial charge in [-0.15, -0.1) is 0 Å². The molecule has 1 saturated heterocycles. The number of hydrogen-bond acceptors (Lipinski definition) is 4. The summed E-state index contributed by atoms with van der Waals surface area (Å²) in [6.45, 7) is 3.44. The van der Waals surface area contributed by atoms with Crippen LogP contribution in [0.4, 0.5) is 5.69 Å². The summed E-state index contributed by atoms with van der Waals surface area (Å²) in [7, 11) is -3.63. The van der Waals surface area contributed by atoms with Crippen LogP contribution in [0.1, 0.15) is 24.8 Å². The standard InChI is InChI=1S/C14H21N3O3S/c1-11-8-12(15)10-13(9-11)21(19,20)16-5-4-14(18)17-6-2-3-7-17/h8-10,16H,2-7,15H2,1H3. The van der Waals surface area contributed by atoms with Crippen LogP contribution in [0.5, 0.6) is 0 Å². The van der Waals surface area contributed by atoms with E-state index in [0.29, 0.717) is 5.69 Å².